The molecule has 0 spiro atoms. The Balaban J connectivity index is -0.0000000730. The fourth-order valence-corrected chi connectivity index (χ4v) is 0.392. The summed E-state index contributed by atoms with van der Waals surface area (Å²) >= 11 is 0. The molecule has 1 radical (unpaired) electrons. The van der Waals surface area contributed by atoms with Gasteiger partial charge in [-0.1, -0.05) is 27.0 Å². The van der Waals surface area contributed by atoms with Gasteiger partial charge in [-0.15, -0.1) is 0 Å². The largest absolute Gasteiger partial charge is 0.471 e. The normalized spacial score (nSPS) is 11.4. The summed E-state index contributed by atoms with van der Waals surface area (Å²) in [5, 5.41) is 43.3. The SMILES string of the molecule is CC(=NO)C(C)=NO.CC(=NO)C(C)=NO.O.[CH2-]CC(=O)OC.[Co]. The fraction of sp³-hybridized carbons (Fsp3) is 0.500. The van der Waals surface area contributed by atoms with Crippen LogP contribution in [0.2, 0.25) is 0 Å². The van der Waals surface area contributed by atoms with Gasteiger partial charge in [-0.3, -0.25) is 4.79 Å². The average Bonchev–Trinajstić information content (AvgIpc) is 2.58. The van der Waals surface area contributed by atoms with Crippen LogP contribution in [0.3, 0.4) is 0 Å². The van der Waals surface area contributed by atoms with E-state index >= 15 is 0 Å². The third-order valence-corrected chi connectivity index (χ3v) is 2.08. The topological polar surface area (TPSA) is 188 Å². The first kappa shape index (κ1) is 33.4. The van der Waals surface area contributed by atoms with Crippen molar-refractivity contribution in [3.8, 4) is 0 Å². The molecule has 0 aliphatic heterocycles. The van der Waals surface area contributed by atoms with Crippen LogP contribution in [-0.4, -0.2) is 62.2 Å². The van der Waals surface area contributed by atoms with Crippen molar-refractivity contribution in [3.05, 3.63) is 6.92 Å². The van der Waals surface area contributed by atoms with E-state index in [1.54, 1.807) is 0 Å². The van der Waals surface area contributed by atoms with Gasteiger partial charge in [0, 0.05) is 16.8 Å². The Labute approximate surface area is 150 Å². The molecule has 0 aromatic carbocycles. The molecule has 0 heterocycles. The molecule has 0 amide bonds. The van der Waals surface area contributed by atoms with Crippen molar-refractivity contribution in [1.29, 1.82) is 0 Å². The minimum absolute atomic E-state index is 0. The van der Waals surface area contributed by atoms with E-state index in [-0.39, 0.29) is 34.6 Å². The van der Waals surface area contributed by atoms with Crippen molar-refractivity contribution in [2.45, 2.75) is 34.1 Å². The van der Waals surface area contributed by atoms with Crippen LogP contribution in [-0.2, 0) is 26.3 Å². The number of esters is 1. The van der Waals surface area contributed by atoms with Gasteiger partial charge in [-0.05, 0) is 27.7 Å². The number of oxime groups is 4. The van der Waals surface area contributed by atoms with Gasteiger partial charge in [0.05, 0.1) is 7.11 Å². The number of rotatable bonds is 3. The molecule has 0 saturated carbocycles. The summed E-state index contributed by atoms with van der Waals surface area (Å²) < 4.78 is 4.20. The standard InChI is InChI=1S/2C4H8N2O2.C4H7O2.Co.H2O/c2*1-3(5-7)4(2)6-8;1-3-4(5)6-2;;/h2*7-8H,1-2H3;1,3H2,2H3;;1H2/q;;-1;;. The van der Waals surface area contributed by atoms with Gasteiger partial charge < -0.3 is 38.0 Å². The Morgan fingerprint density at radius 2 is 1.04 bits per heavy atom. The first-order valence-electron chi connectivity index (χ1n) is 5.86. The molecule has 24 heavy (non-hydrogen) atoms. The Morgan fingerprint density at radius 1 is 0.833 bits per heavy atom. The van der Waals surface area contributed by atoms with Crippen molar-refractivity contribution in [2.75, 3.05) is 7.11 Å². The van der Waals surface area contributed by atoms with Crippen LogP contribution in [0.1, 0.15) is 34.1 Å². The smallest absolute Gasteiger partial charge is 0.275 e. The number of ether oxygens (including phenoxy) is 1. The molecule has 0 aromatic rings. The van der Waals surface area contributed by atoms with Gasteiger partial charge in [0.15, 0.2) is 0 Å². The maximum absolute atomic E-state index is 9.90. The summed E-state index contributed by atoms with van der Waals surface area (Å²) in [5.74, 6) is -0.269. The Morgan fingerprint density at radius 3 is 1.08 bits per heavy atom. The summed E-state index contributed by atoms with van der Waals surface area (Å²) in [4.78, 5) is 9.90. The predicted molar refractivity (Wildman–Crippen MR) is 85.2 cm³/mol. The molecule has 0 bridgehead atoms. The number of hydrogen-bond acceptors (Lipinski definition) is 10. The Kier molecular flexibility index (Phi) is 32.2. The Bertz CT molecular complexity index is 367. The number of nitrogens with zero attached hydrogens (tertiary/aromatic N) is 4. The van der Waals surface area contributed by atoms with Crippen molar-refractivity contribution < 1.29 is 52.6 Å². The molecule has 0 aromatic heterocycles. The third-order valence-electron chi connectivity index (χ3n) is 2.08. The van der Waals surface area contributed by atoms with E-state index in [0.29, 0.717) is 22.8 Å². The van der Waals surface area contributed by atoms with Crippen molar-refractivity contribution >= 4 is 28.8 Å². The van der Waals surface area contributed by atoms with E-state index in [1.807, 2.05) is 0 Å². The molecule has 0 unspecified atom stereocenters. The number of methoxy groups -OCH3 is 1. The zero-order chi connectivity index (χ0) is 18.1. The maximum atomic E-state index is 9.90. The van der Waals surface area contributed by atoms with Gasteiger partial charge >= 0.3 is 0 Å². The van der Waals surface area contributed by atoms with E-state index < -0.39 is 0 Å². The molecule has 0 fully saturated rings. The first-order chi connectivity index (χ1) is 10.2. The quantitative estimate of drug-likeness (QED) is 0.180. The molecule has 12 heteroatoms. The van der Waals surface area contributed by atoms with Gasteiger partial charge in [0.25, 0.3) is 5.97 Å². The summed E-state index contributed by atoms with van der Waals surface area (Å²) in [6.45, 7) is 9.43. The van der Waals surface area contributed by atoms with E-state index in [1.165, 1.54) is 34.8 Å². The van der Waals surface area contributed by atoms with Gasteiger partial charge in [-0.2, -0.15) is 0 Å². The molecular formula is C12H25CoN4O7-. The second-order valence-corrected chi connectivity index (χ2v) is 3.57. The molecule has 6 N–H and O–H groups in total. The summed E-state index contributed by atoms with van der Waals surface area (Å²) in [7, 11) is 1.34. The van der Waals surface area contributed by atoms with Crippen LogP contribution < -0.4 is 0 Å². The second-order valence-electron chi connectivity index (χ2n) is 3.57. The molecule has 11 nitrogen and oxygen atoms in total. The van der Waals surface area contributed by atoms with Crippen LogP contribution in [0.25, 0.3) is 0 Å². The predicted octanol–water partition coefficient (Wildman–Crippen LogP) is 0.930. The molecule has 0 saturated heterocycles. The Hall–Kier alpha value is -2.18. The minimum atomic E-state index is -0.269. The fourth-order valence-electron chi connectivity index (χ4n) is 0.392. The summed E-state index contributed by atoms with van der Waals surface area (Å²) in [6, 6.07) is 0. The molecule has 145 valence electrons. The maximum Gasteiger partial charge on any atom is 0.275 e. The van der Waals surface area contributed by atoms with E-state index in [4.69, 9.17) is 20.8 Å². The van der Waals surface area contributed by atoms with Gasteiger partial charge in [-0.25, -0.2) is 0 Å². The van der Waals surface area contributed by atoms with E-state index in [9.17, 15) is 4.79 Å². The van der Waals surface area contributed by atoms with Crippen molar-refractivity contribution in [3.63, 3.8) is 0 Å². The van der Waals surface area contributed by atoms with E-state index in [2.05, 4.69) is 32.3 Å². The van der Waals surface area contributed by atoms with Crippen molar-refractivity contribution in [1.82, 2.24) is 0 Å². The molecule has 0 aliphatic carbocycles. The molecule has 0 aliphatic rings. The van der Waals surface area contributed by atoms with Gasteiger partial charge in [0.1, 0.15) is 22.8 Å². The molecular weight excluding hydrogens is 371 g/mol. The minimum Gasteiger partial charge on any atom is -0.471 e. The summed E-state index contributed by atoms with van der Waals surface area (Å²) in [5.41, 5.74) is 1.25. The van der Waals surface area contributed by atoms with Crippen molar-refractivity contribution in [2.24, 2.45) is 20.6 Å². The monoisotopic (exact) mass is 396 g/mol. The van der Waals surface area contributed by atoms with Crippen LogP contribution in [0.5, 0.6) is 0 Å². The first-order valence-corrected chi connectivity index (χ1v) is 5.86. The van der Waals surface area contributed by atoms with Crippen LogP contribution >= 0.6 is 0 Å². The van der Waals surface area contributed by atoms with Gasteiger partial charge in [0.2, 0.25) is 0 Å². The van der Waals surface area contributed by atoms with E-state index in [0.717, 1.165) is 0 Å². The number of carbonyl (C=O) groups is 1. The molecule has 0 atom stereocenters. The second kappa shape index (κ2) is 23.1. The molecule has 0 rings (SSSR count). The third kappa shape index (κ3) is 22.1. The zero-order valence-electron chi connectivity index (χ0n) is 14.1. The number of carbonyl (C=O) groups excluding carboxylic acids is 1. The van der Waals surface area contributed by atoms with Crippen LogP contribution in [0.4, 0.5) is 0 Å². The van der Waals surface area contributed by atoms with Crippen LogP contribution in [0.15, 0.2) is 20.6 Å². The summed E-state index contributed by atoms with van der Waals surface area (Å²) in [6.07, 6.45) is 0.219. The number of hydrogen-bond donors (Lipinski definition) is 4. The van der Waals surface area contributed by atoms with Crippen LogP contribution in [0, 0.1) is 6.92 Å². The average molecular weight is 396 g/mol. The zero-order valence-corrected chi connectivity index (χ0v) is 15.2.